The Bertz CT molecular complexity index is 264. The van der Waals surface area contributed by atoms with E-state index in [0.717, 1.165) is 29.0 Å². The van der Waals surface area contributed by atoms with Gasteiger partial charge in [0.15, 0.2) is 0 Å². The monoisotopic (exact) mass is 214 g/mol. The normalized spacial score (nSPS) is 11.2. The topological polar surface area (TPSA) is 38.1 Å². The average Bonchev–Trinajstić information content (AvgIpc) is 2.40. The minimum atomic E-state index is 0.545. The van der Waals surface area contributed by atoms with Gasteiger partial charge < -0.3 is 9.73 Å². The van der Waals surface area contributed by atoms with Gasteiger partial charge in [-0.05, 0) is 13.8 Å². The fourth-order valence-electron chi connectivity index (χ4n) is 0.991. The van der Waals surface area contributed by atoms with E-state index in [2.05, 4.69) is 24.1 Å². The fourth-order valence-corrected chi connectivity index (χ4v) is 1.77. The van der Waals surface area contributed by atoms with E-state index in [1.165, 1.54) is 0 Å². The van der Waals surface area contributed by atoms with E-state index in [-0.39, 0.29) is 0 Å². The van der Waals surface area contributed by atoms with Crippen LogP contribution in [-0.4, -0.2) is 23.3 Å². The summed E-state index contributed by atoms with van der Waals surface area (Å²) in [4.78, 5) is 4.30. The Balaban J connectivity index is 2.25. The van der Waals surface area contributed by atoms with Crippen LogP contribution in [0, 0.1) is 13.8 Å². The zero-order chi connectivity index (χ0) is 10.6. The van der Waals surface area contributed by atoms with E-state index in [1.54, 1.807) is 11.8 Å². The number of nitrogens with zero attached hydrogens (tertiary/aromatic N) is 1. The van der Waals surface area contributed by atoms with Crippen molar-refractivity contribution < 1.29 is 4.42 Å². The molecule has 1 aromatic heterocycles. The van der Waals surface area contributed by atoms with Crippen LogP contribution in [0.15, 0.2) is 9.64 Å². The molecule has 1 aromatic rings. The molecular formula is C10H18N2OS. The second kappa shape index (κ2) is 5.41. The van der Waals surface area contributed by atoms with E-state index in [9.17, 15) is 0 Å². The molecule has 0 aliphatic carbocycles. The van der Waals surface area contributed by atoms with Crippen molar-refractivity contribution in [1.82, 2.24) is 10.3 Å². The SMILES string of the molecule is Cc1nc(SCCNC(C)C)oc1C. The Morgan fingerprint density at radius 1 is 1.43 bits per heavy atom. The molecule has 0 radical (unpaired) electrons. The maximum Gasteiger partial charge on any atom is 0.256 e. The largest absolute Gasteiger partial charge is 0.437 e. The summed E-state index contributed by atoms with van der Waals surface area (Å²) in [6.45, 7) is 9.19. The number of thioether (sulfide) groups is 1. The van der Waals surface area contributed by atoms with Crippen LogP contribution >= 0.6 is 11.8 Å². The predicted octanol–water partition coefficient (Wildman–Crippen LogP) is 2.38. The standard InChI is InChI=1S/C10H18N2OS/c1-7(2)11-5-6-14-10-12-8(3)9(4)13-10/h7,11H,5-6H2,1-4H3. The smallest absolute Gasteiger partial charge is 0.256 e. The first-order chi connectivity index (χ1) is 6.59. The first-order valence-electron chi connectivity index (χ1n) is 4.90. The molecule has 4 heteroatoms. The van der Waals surface area contributed by atoms with Crippen LogP contribution in [-0.2, 0) is 0 Å². The number of oxazole rings is 1. The van der Waals surface area contributed by atoms with Crippen molar-refractivity contribution in [1.29, 1.82) is 0 Å². The van der Waals surface area contributed by atoms with Crippen LogP contribution in [0.2, 0.25) is 0 Å². The lowest BCUT2D eigenvalue weighted by Crippen LogP contribution is -2.24. The maximum atomic E-state index is 5.45. The summed E-state index contributed by atoms with van der Waals surface area (Å²) in [5, 5.41) is 4.13. The second-order valence-electron chi connectivity index (χ2n) is 3.58. The molecule has 14 heavy (non-hydrogen) atoms. The Hall–Kier alpha value is -0.480. The molecule has 1 rings (SSSR count). The zero-order valence-electron chi connectivity index (χ0n) is 9.26. The molecule has 0 aliphatic rings. The third-order valence-corrected chi connectivity index (χ3v) is 2.72. The van der Waals surface area contributed by atoms with Gasteiger partial charge in [0.05, 0.1) is 5.69 Å². The summed E-state index contributed by atoms with van der Waals surface area (Å²) in [5.74, 6) is 1.92. The summed E-state index contributed by atoms with van der Waals surface area (Å²) >= 11 is 1.66. The van der Waals surface area contributed by atoms with Gasteiger partial charge >= 0.3 is 0 Å². The first kappa shape index (κ1) is 11.6. The molecule has 0 fully saturated rings. The third-order valence-electron chi connectivity index (χ3n) is 1.89. The van der Waals surface area contributed by atoms with Crippen molar-refractivity contribution in [3.05, 3.63) is 11.5 Å². The van der Waals surface area contributed by atoms with Crippen LogP contribution in [0.5, 0.6) is 0 Å². The van der Waals surface area contributed by atoms with E-state index in [0.29, 0.717) is 6.04 Å². The predicted molar refractivity (Wildman–Crippen MR) is 59.8 cm³/mol. The van der Waals surface area contributed by atoms with Crippen LogP contribution in [0.1, 0.15) is 25.3 Å². The highest BCUT2D eigenvalue weighted by molar-refractivity contribution is 7.99. The van der Waals surface area contributed by atoms with E-state index in [4.69, 9.17) is 4.42 Å². The lowest BCUT2D eigenvalue weighted by Gasteiger charge is -2.05. The molecule has 0 spiro atoms. The molecule has 0 atom stereocenters. The van der Waals surface area contributed by atoms with Gasteiger partial charge in [-0.3, -0.25) is 0 Å². The van der Waals surface area contributed by atoms with Gasteiger partial charge in [0.2, 0.25) is 0 Å². The fraction of sp³-hybridized carbons (Fsp3) is 0.700. The zero-order valence-corrected chi connectivity index (χ0v) is 10.1. The molecule has 0 aliphatic heterocycles. The van der Waals surface area contributed by atoms with Crippen molar-refractivity contribution >= 4 is 11.8 Å². The molecule has 3 nitrogen and oxygen atoms in total. The molecule has 0 saturated carbocycles. The molecule has 0 aromatic carbocycles. The summed E-state index contributed by atoms with van der Waals surface area (Å²) < 4.78 is 5.45. The molecule has 80 valence electrons. The number of rotatable bonds is 5. The number of aryl methyl sites for hydroxylation is 2. The summed E-state index contributed by atoms with van der Waals surface area (Å²) in [5.41, 5.74) is 0.990. The molecule has 0 unspecified atom stereocenters. The van der Waals surface area contributed by atoms with Crippen molar-refractivity contribution in [3.63, 3.8) is 0 Å². The average molecular weight is 214 g/mol. The first-order valence-corrected chi connectivity index (χ1v) is 5.88. The van der Waals surface area contributed by atoms with Gasteiger partial charge in [0.1, 0.15) is 5.76 Å². The van der Waals surface area contributed by atoms with Gasteiger partial charge in [0, 0.05) is 18.3 Å². The van der Waals surface area contributed by atoms with Gasteiger partial charge in [-0.25, -0.2) is 4.98 Å². The van der Waals surface area contributed by atoms with Crippen molar-refractivity contribution in [2.24, 2.45) is 0 Å². The van der Waals surface area contributed by atoms with E-state index in [1.807, 2.05) is 13.8 Å². The highest BCUT2D eigenvalue weighted by Gasteiger charge is 2.05. The third kappa shape index (κ3) is 3.72. The molecule has 1 N–H and O–H groups in total. The van der Waals surface area contributed by atoms with E-state index < -0.39 is 0 Å². The molecular weight excluding hydrogens is 196 g/mol. The summed E-state index contributed by atoms with van der Waals surface area (Å²) in [6, 6.07) is 0.545. The number of aromatic nitrogens is 1. The van der Waals surface area contributed by atoms with Crippen molar-refractivity contribution in [3.8, 4) is 0 Å². The van der Waals surface area contributed by atoms with E-state index >= 15 is 0 Å². The van der Waals surface area contributed by atoms with Crippen LogP contribution in [0.4, 0.5) is 0 Å². The summed E-state index contributed by atoms with van der Waals surface area (Å²) in [7, 11) is 0. The Labute approximate surface area is 89.7 Å². The van der Waals surface area contributed by atoms with Crippen LogP contribution < -0.4 is 5.32 Å². The van der Waals surface area contributed by atoms with Crippen LogP contribution in [0.3, 0.4) is 0 Å². The van der Waals surface area contributed by atoms with Gasteiger partial charge in [0.25, 0.3) is 5.22 Å². The van der Waals surface area contributed by atoms with Crippen molar-refractivity contribution in [2.45, 2.75) is 39.0 Å². The minimum Gasteiger partial charge on any atom is -0.437 e. The minimum absolute atomic E-state index is 0.545. The molecule has 0 saturated heterocycles. The molecule has 0 amide bonds. The second-order valence-corrected chi connectivity index (χ2v) is 4.62. The highest BCUT2D eigenvalue weighted by atomic mass is 32.2. The highest BCUT2D eigenvalue weighted by Crippen LogP contribution is 2.19. The van der Waals surface area contributed by atoms with Gasteiger partial charge in [-0.1, -0.05) is 25.6 Å². The summed E-state index contributed by atoms with van der Waals surface area (Å²) in [6.07, 6.45) is 0. The quantitative estimate of drug-likeness (QED) is 0.603. The Kier molecular flexibility index (Phi) is 4.48. The van der Waals surface area contributed by atoms with Gasteiger partial charge in [-0.2, -0.15) is 0 Å². The van der Waals surface area contributed by atoms with Crippen molar-refractivity contribution in [2.75, 3.05) is 12.3 Å². The molecule has 0 bridgehead atoms. The van der Waals surface area contributed by atoms with Crippen LogP contribution in [0.25, 0.3) is 0 Å². The lowest BCUT2D eigenvalue weighted by atomic mass is 10.4. The molecule has 1 heterocycles. The van der Waals surface area contributed by atoms with Gasteiger partial charge in [-0.15, -0.1) is 0 Å². The Morgan fingerprint density at radius 2 is 2.14 bits per heavy atom. The number of nitrogens with one attached hydrogen (secondary N) is 1. The number of hydrogen-bond donors (Lipinski definition) is 1. The lowest BCUT2D eigenvalue weighted by molar-refractivity contribution is 0.431. The maximum absolute atomic E-state index is 5.45. The number of hydrogen-bond acceptors (Lipinski definition) is 4. The Morgan fingerprint density at radius 3 is 2.64 bits per heavy atom.